The number of nitrogens with zero attached hydrogens (tertiary/aromatic N) is 1. The fourth-order valence-corrected chi connectivity index (χ4v) is 2.49. The van der Waals surface area contributed by atoms with Crippen LogP contribution in [0.3, 0.4) is 0 Å². The fourth-order valence-electron chi connectivity index (χ4n) is 1.85. The van der Waals surface area contributed by atoms with Crippen LogP contribution in [-0.4, -0.2) is 4.92 Å². The van der Waals surface area contributed by atoms with Crippen molar-refractivity contribution in [3.8, 4) is 11.1 Å². The fraction of sp³-hybridized carbons (Fsp3) is 0.0769. The lowest BCUT2D eigenvalue weighted by atomic mass is 9.98. The molecular formula is C13H5Cl3F3NO2. The van der Waals surface area contributed by atoms with Crippen LogP contribution in [0.1, 0.15) is 5.56 Å². The van der Waals surface area contributed by atoms with Gasteiger partial charge in [0.05, 0.1) is 25.6 Å². The summed E-state index contributed by atoms with van der Waals surface area (Å²) >= 11 is 17.5. The van der Waals surface area contributed by atoms with Gasteiger partial charge in [0.2, 0.25) is 0 Å². The normalized spacial score (nSPS) is 11.5. The van der Waals surface area contributed by atoms with Crippen molar-refractivity contribution >= 4 is 40.5 Å². The molecule has 0 aromatic heterocycles. The zero-order valence-electron chi connectivity index (χ0n) is 10.4. The molecule has 22 heavy (non-hydrogen) atoms. The highest BCUT2D eigenvalue weighted by Gasteiger charge is 2.36. The Balaban J connectivity index is 2.76. The minimum Gasteiger partial charge on any atom is -0.258 e. The maximum atomic E-state index is 13.2. The van der Waals surface area contributed by atoms with E-state index in [1.54, 1.807) is 0 Å². The van der Waals surface area contributed by atoms with Gasteiger partial charge in [-0.3, -0.25) is 10.1 Å². The van der Waals surface area contributed by atoms with Gasteiger partial charge in [-0.15, -0.1) is 0 Å². The summed E-state index contributed by atoms with van der Waals surface area (Å²) in [7, 11) is 0. The first kappa shape index (κ1) is 16.9. The van der Waals surface area contributed by atoms with Gasteiger partial charge in [0.1, 0.15) is 0 Å². The number of rotatable bonds is 2. The van der Waals surface area contributed by atoms with Crippen LogP contribution in [0.2, 0.25) is 15.1 Å². The molecule has 0 atom stereocenters. The average molecular weight is 371 g/mol. The van der Waals surface area contributed by atoms with E-state index >= 15 is 0 Å². The molecule has 0 amide bonds. The molecule has 0 saturated heterocycles. The third-order valence-electron chi connectivity index (χ3n) is 2.84. The third-order valence-corrected chi connectivity index (χ3v) is 4.14. The first-order valence-corrected chi connectivity index (χ1v) is 6.76. The summed E-state index contributed by atoms with van der Waals surface area (Å²) in [4.78, 5) is 9.76. The van der Waals surface area contributed by atoms with Crippen molar-refractivity contribution in [1.29, 1.82) is 0 Å². The van der Waals surface area contributed by atoms with Gasteiger partial charge >= 0.3 is 6.18 Å². The lowest BCUT2D eigenvalue weighted by molar-refractivity contribution is -0.385. The maximum Gasteiger partial charge on any atom is 0.417 e. The minimum absolute atomic E-state index is 0.0155. The smallest absolute Gasteiger partial charge is 0.258 e. The van der Waals surface area contributed by atoms with E-state index in [0.29, 0.717) is 6.07 Å². The first-order chi connectivity index (χ1) is 10.1. The highest BCUT2D eigenvalue weighted by atomic mass is 35.5. The Kier molecular flexibility index (Phi) is 4.56. The van der Waals surface area contributed by atoms with Crippen molar-refractivity contribution in [2.24, 2.45) is 0 Å². The summed E-state index contributed by atoms with van der Waals surface area (Å²) < 4.78 is 39.5. The summed E-state index contributed by atoms with van der Waals surface area (Å²) in [5.74, 6) is 0. The van der Waals surface area contributed by atoms with Gasteiger partial charge in [-0.2, -0.15) is 13.2 Å². The zero-order chi connectivity index (χ0) is 16.7. The predicted octanol–water partition coefficient (Wildman–Crippen LogP) is 6.24. The highest BCUT2D eigenvalue weighted by molar-refractivity contribution is 6.49. The monoisotopic (exact) mass is 369 g/mol. The number of halogens is 6. The molecule has 0 N–H and O–H groups in total. The number of non-ortho nitro benzene ring substituents is 1. The Labute approximate surface area is 137 Å². The summed E-state index contributed by atoms with van der Waals surface area (Å²) in [6.07, 6.45) is -4.79. The quantitative estimate of drug-likeness (QED) is 0.357. The molecule has 0 aliphatic heterocycles. The molecule has 116 valence electrons. The van der Waals surface area contributed by atoms with E-state index in [1.165, 1.54) is 12.1 Å². The molecule has 0 spiro atoms. The van der Waals surface area contributed by atoms with Gasteiger partial charge in [-0.1, -0.05) is 40.9 Å². The number of hydrogen-bond acceptors (Lipinski definition) is 2. The second-order valence-corrected chi connectivity index (χ2v) is 5.37. The number of hydrogen-bond donors (Lipinski definition) is 0. The maximum absolute atomic E-state index is 13.2. The molecule has 0 fully saturated rings. The van der Waals surface area contributed by atoms with E-state index in [2.05, 4.69) is 0 Å². The molecule has 0 aliphatic rings. The average Bonchev–Trinajstić information content (AvgIpc) is 2.43. The molecule has 9 heteroatoms. The molecule has 2 rings (SSSR count). The van der Waals surface area contributed by atoms with Gasteiger partial charge in [0.15, 0.2) is 0 Å². The molecule has 0 bridgehead atoms. The largest absolute Gasteiger partial charge is 0.417 e. The number of benzene rings is 2. The van der Waals surface area contributed by atoms with Crippen LogP contribution in [0.4, 0.5) is 18.9 Å². The van der Waals surface area contributed by atoms with Crippen molar-refractivity contribution in [1.82, 2.24) is 0 Å². The zero-order valence-corrected chi connectivity index (χ0v) is 12.7. The van der Waals surface area contributed by atoms with E-state index in [4.69, 9.17) is 34.8 Å². The van der Waals surface area contributed by atoms with Crippen molar-refractivity contribution in [3.05, 3.63) is 61.1 Å². The lowest BCUT2D eigenvalue weighted by Crippen LogP contribution is -2.08. The lowest BCUT2D eigenvalue weighted by Gasteiger charge is -2.14. The highest BCUT2D eigenvalue weighted by Crippen LogP contribution is 2.44. The van der Waals surface area contributed by atoms with Crippen LogP contribution in [0.15, 0.2) is 30.3 Å². The van der Waals surface area contributed by atoms with E-state index in [-0.39, 0.29) is 26.2 Å². The molecule has 0 saturated carbocycles. The Morgan fingerprint density at radius 2 is 1.55 bits per heavy atom. The van der Waals surface area contributed by atoms with Crippen molar-refractivity contribution < 1.29 is 18.1 Å². The minimum atomic E-state index is -4.79. The summed E-state index contributed by atoms with van der Waals surface area (Å²) in [6, 6.07) is 4.96. The Morgan fingerprint density at radius 1 is 0.955 bits per heavy atom. The number of alkyl halides is 3. The van der Waals surface area contributed by atoms with Crippen LogP contribution in [0.25, 0.3) is 11.1 Å². The first-order valence-electron chi connectivity index (χ1n) is 5.62. The molecule has 2 aromatic carbocycles. The standard InChI is InChI=1S/C13H5Cl3F3NO2/c14-10-4-3-8(11(15)12(10)16)7-2-1-6(20(21)22)5-9(7)13(17,18)19/h1-5H. The number of nitro groups is 1. The summed E-state index contributed by atoms with van der Waals surface area (Å²) in [5, 5.41) is 10.5. The Bertz CT molecular complexity index is 763. The van der Waals surface area contributed by atoms with E-state index in [0.717, 1.165) is 12.1 Å². The Morgan fingerprint density at radius 3 is 2.09 bits per heavy atom. The molecule has 0 radical (unpaired) electrons. The van der Waals surface area contributed by atoms with Gasteiger partial charge in [0, 0.05) is 17.7 Å². The van der Waals surface area contributed by atoms with Crippen LogP contribution in [0.5, 0.6) is 0 Å². The van der Waals surface area contributed by atoms with Crippen molar-refractivity contribution in [3.63, 3.8) is 0 Å². The number of nitro benzene ring substituents is 1. The van der Waals surface area contributed by atoms with Crippen LogP contribution in [0, 0.1) is 10.1 Å². The second kappa shape index (κ2) is 5.95. The summed E-state index contributed by atoms with van der Waals surface area (Å²) in [6.45, 7) is 0. The van der Waals surface area contributed by atoms with Crippen LogP contribution >= 0.6 is 34.8 Å². The molecule has 0 aliphatic carbocycles. The van der Waals surface area contributed by atoms with Crippen LogP contribution < -0.4 is 0 Å². The molecular weight excluding hydrogens is 366 g/mol. The van der Waals surface area contributed by atoms with Gasteiger partial charge in [-0.05, 0) is 17.7 Å². The molecule has 0 heterocycles. The predicted molar refractivity (Wildman–Crippen MR) is 78.6 cm³/mol. The topological polar surface area (TPSA) is 43.1 Å². The molecule has 0 unspecified atom stereocenters. The van der Waals surface area contributed by atoms with Crippen LogP contribution in [-0.2, 0) is 6.18 Å². The Hall–Kier alpha value is -1.50. The SMILES string of the molecule is O=[N+]([O-])c1ccc(-c2ccc(Cl)c(Cl)c2Cl)c(C(F)(F)F)c1. The van der Waals surface area contributed by atoms with Crippen molar-refractivity contribution in [2.75, 3.05) is 0 Å². The van der Waals surface area contributed by atoms with E-state index in [1.807, 2.05) is 0 Å². The van der Waals surface area contributed by atoms with Crippen molar-refractivity contribution in [2.45, 2.75) is 6.18 Å². The third kappa shape index (κ3) is 3.14. The molecule has 3 nitrogen and oxygen atoms in total. The van der Waals surface area contributed by atoms with Gasteiger partial charge in [-0.25, -0.2) is 0 Å². The van der Waals surface area contributed by atoms with E-state index in [9.17, 15) is 23.3 Å². The van der Waals surface area contributed by atoms with E-state index < -0.39 is 22.4 Å². The molecule has 2 aromatic rings. The van der Waals surface area contributed by atoms with Gasteiger partial charge in [0.25, 0.3) is 5.69 Å². The summed E-state index contributed by atoms with van der Waals surface area (Å²) in [5.41, 5.74) is -2.19. The second-order valence-electron chi connectivity index (χ2n) is 4.21. The van der Waals surface area contributed by atoms with Gasteiger partial charge < -0.3 is 0 Å².